The Hall–Kier alpha value is -2.71. The molecule has 0 radical (unpaired) electrons. The van der Waals surface area contributed by atoms with Crippen LogP contribution in [0.25, 0.3) is 0 Å². The Bertz CT molecular complexity index is 1140. The van der Waals surface area contributed by atoms with Crippen LogP contribution in [0.2, 0.25) is 5.02 Å². The van der Waals surface area contributed by atoms with Crippen LogP contribution in [-0.2, 0) is 0 Å². The summed E-state index contributed by atoms with van der Waals surface area (Å²) in [5.74, 6) is 1.35. The molecule has 0 bridgehead atoms. The van der Waals surface area contributed by atoms with Gasteiger partial charge in [0, 0.05) is 17.8 Å². The molecule has 33 heavy (non-hydrogen) atoms. The van der Waals surface area contributed by atoms with Gasteiger partial charge in [-0.15, -0.1) is 0 Å². The van der Waals surface area contributed by atoms with E-state index >= 15 is 4.39 Å². The molecule has 2 fully saturated rings. The van der Waals surface area contributed by atoms with Crippen molar-refractivity contribution in [3.05, 3.63) is 52.1 Å². The highest BCUT2D eigenvalue weighted by Crippen LogP contribution is 2.36. The van der Waals surface area contributed by atoms with Gasteiger partial charge in [-0.2, -0.15) is 10.1 Å². The minimum atomic E-state index is -0.298. The van der Waals surface area contributed by atoms with Gasteiger partial charge in [0.2, 0.25) is 5.95 Å². The summed E-state index contributed by atoms with van der Waals surface area (Å²) in [4.78, 5) is 11.2. The lowest BCUT2D eigenvalue weighted by Crippen LogP contribution is -2.44. The van der Waals surface area contributed by atoms with Gasteiger partial charge >= 0.3 is 0 Å². The number of H-pyrrole nitrogens is 1. The van der Waals surface area contributed by atoms with Crippen LogP contribution in [0.1, 0.15) is 54.8 Å². The smallest absolute Gasteiger partial charge is 0.229 e. The van der Waals surface area contributed by atoms with Crippen LogP contribution in [0.4, 0.5) is 27.7 Å². The van der Waals surface area contributed by atoms with E-state index in [0.29, 0.717) is 28.3 Å². The number of likely N-dealkylation sites (tertiary alicyclic amines) is 1. The number of hydrogen-bond donors (Lipinski definition) is 3. The molecule has 174 valence electrons. The molecule has 1 saturated heterocycles. The maximum Gasteiger partial charge on any atom is 0.229 e. The highest BCUT2D eigenvalue weighted by atomic mass is 35.5. The largest absolute Gasteiger partial charge is 0.322 e. The van der Waals surface area contributed by atoms with Gasteiger partial charge in [-0.1, -0.05) is 18.0 Å². The highest BCUT2D eigenvalue weighted by molar-refractivity contribution is 6.32. The number of piperidine rings is 1. The molecule has 3 aromatic rings. The molecule has 2 aromatic heterocycles. The summed E-state index contributed by atoms with van der Waals surface area (Å²) < 4.78 is 15.1. The first-order valence-corrected chi connectivity index (χ1v) is 12.0. The van der Waals surface area contributed by atoms with E-state index in [0.717, 1.165) is 48.8 Å². The molecule has 1 aliphatic carbocycles. The van der Waals surface area contributed by atoms with Crippen LogP contribution in [0.15, 0.2) is 24.4 Å². The number of nitrogens with zero attached hydrogens (tertiary/aromatic N) is 4. The van der Waals surface area contributed by atoms with E-state index in [1.54, 1.807) is 6.07 Å². The van der Waals surface area contributed by atoms with Crippen molar-refractivity contribution < 1.29 is 4.39 Å². The van der Waals surface area contributed by atoms with Gasteiger partial charge in [0.05, 0.1) is 11.9 Å². The van der Waals surface area contributed by atoms with Crippen molar-refractivity contribution in [1.29, 1.82) is 0 Å². The van der Waals surface area contributed by atoms with Gasteiger partial charge in [0.25, 0.3) is 0 Å². The fourth-order valence-electron chi connectivity index (χ4n) is 4.80. The molecule has 1 aromatic carbocycles. The number of halogens is 2. The van der Waals surface area contributed by atoms with Crippen molar-refractivity contribution in [1.82, 2.24) is 25.1 Å². The van der Waals surface area contributed by atoms with Gasteiger partial charge in [-0.05, 0) is 81.8 Å². The second kappa shape index (κ2) is 9.27. The van der Waals surface area contributed by atoms with E-state index in [1.807, 2.05) is 26.0 Å². The van der Waals surface area contributed by atoms with E-state index in [2.05, 4.69) is 35.7 Å². The molecule has 0 atom stereocenters. The van der Waals surface area contributed by atoms with Crippen molar-refractivity contribution in [2.75, 3.05) is 23.7 Å². The standard InChI is InChI=1S/C24H29ClFN7/c1-14-10-21(20(26)12-18(14)16-6-8-33(9-7-16)17-4-3-5-17)28-24-27-13-19(25)23(30-24)29-22-11-15(2)31-32-22/h10-13,16-17H,3-9H2,1-2H3,(H3,27,28,29,30,31,32). The molecule has 5 rings (SSSR count). The van der Waals surface area contributed by atoms with Crippen LogP contribution < -0.4 is 10.6 Å². The van der Waals surface area contributed by atoms with E-state index in [-0.39, 0.29) is 11.8 Å². The predicted molar refractivity (Wildman–Crippen MR) is 129 cm³/mol. The lowest BCUT2D eigenvalue weighted by Gasteiger charge is -2.42. The van der Waals surface area contributed by atoms with Gasteiger partial charge in [0.1, 0.15) is 10.8 Å². The first-order chi connectivity index (χ1) is 16.0. The maximum absolute atomic E-state index is 15.1. The van der Waals surface area contributed by atoms with Gasteiger partial charge in [-0.3, -0.25) is 5.10 Å². The lowest BCUT2D eigenvalue weighted by molar-refractivity contribution is 0.0974. The number of rotatable bonds is 6. The molecule has 0 unspecified atom stereocenters. The number of aromatic nitrogens is 4. The zero-order chi connectivity index (χ0) is 22.9. The molecule has 9 heteroatoms. The topological polar surface area (TPSA) is 81.8 Å². The van der Waals surface area contributed by atoms with Gasteiger partial charge < -0.3 is 15.5 Å². The second-order valence-corrected chi connectivity index (χ2v) is 9.57. The molecule has 2 aliphatic rings. The van der Waals surface area contributed by atoms with E-state index in [1.165, 1.54) is 25.5 Å². The Morgan fingerprint density at radius 3 is 2.55 bits per heavy atom. The summed E-state index contributed by atoms with van der Waals surface area (Å²) in [5.41, 5.74) is 3.46. The Morgan fingerprint density at radius 1 is 1.09 bits per heavy atom. The zero-order valence-electron chi connectivity index (χ0n) is 19.0. The fourth-order valence-corrected chi connectivity index (χ4v) is 4.94. The van der Waals surface area contributed by atoms with Crippen molar-refractivity contribution >= 4 is 34.9 Å². The second-order valence-electron chi connectivity index (χ2n) is 9.16. The van der Waals surface area contributed by atoms with Gasteiger partial charge in [-0.25, -0.2) is 9.37 Å². The number of hydrogen-bond acceptors (Lipinski definition) is 6. The lowest BCUT2D eigenvalue weighted by atomic mass is 9.83. The first kappa shape index (κ1) is 22.1. The predicted octanol–water partition coefficient (Wildman–Crippen LogP) is 5.83. The molecular formula is C24H29ClFN7. The average molecular weight is 470 g/mol. The van der Waals surface area contributed by atoms with E-state index in [4.69, 9.17) is 11.6 Å². The van der Waals surface area contributed by atoms with Gasteiger partial charge in [0.15, 0.2) is 11.6 Å². The normalized spacial score (nSPS) is 17.7. The molecule has 1 saturated carbocycles. The Kier molecular flexibility index (Phi) is 6.21. The number of anilines is 4. The van der Waals surface area contributed by atoms with Crippen molar-refractivity contribution in [2.24, 2.45) is 0 Å². The summed E-state index contributed by atoms with van der Waals surface area (Å²) in [7, 11) is 0. The molecule has 0 spiro atoms. The Balaban J connectivity index is 1.29. The first-order valence-electron chi connectivity index (χ1n) is 11.6. The molecular weight excluding hydrogens is 441 g/mol. The van der Waals surface area contributed by atoms with Crippen LogP contribution >= 0.6 is 11.6 Å². The number of nitrogens with one attached hydrogen (secondary N) is 3. The molecule has 7 nitrogen and oxygen atoms in total. The zero-order valence-corrected chi connectivity index (χ0v) is 19.7. The minimum absolute atomic E-state index is 0.258. The van der Waals surface area contributed by atoms with Crippen LogP contribution in [-0.4, -0.2) is 44.2 Å². The monoisotopic (exact) mass is 469 g/mol. The third kappa shape index (κ3) is 4.82. The summed E-state index contributed by atoms with van der Waals surface area (Å²) in [6, 6.07) is 6.16. The molecule has 1 aliphatic heterocycles. The maximum atomic E-state index is 15.1. The number of aryl methyl sites for hydroxylation is 2. The van der Waals surface area contributed by atoms with E-state index in [9.17, 15) is 0 Å². The quantitative estimate of drug-likeness (QED) is 0.421. The average Bonchev–Trinajstić information content (AvgIpc) is 3.17. The van der Waals surface area contributed by atoms with Crippen LogP contribution in [0, 0.1) is 19.7 Å². The van der Waals surface area contributed by atoms with Crippen LogP contribution in [0.5, 0.6) is 0 Å². The van der Waals surface area contributed by atoms with E-state index < -0.39 is 0 Å². The van der Waals surface area contributed by atoms with Crippen molar-refractivity contribution in [2.45, 2.75) is 57.9 Å². The Morgan fingerprint density at radius 2 is 1.88 bits per heavy atom. The SMILES string of the molecule is Cc1cc(Nc2nc(Nc3cc(C)c(C4CCN(C5CCC5)CC4)cc3F)ncc2Cl)n[nH]1. The molecule has 0 amide bonds. The minimum Gasteiger partial charge on any atom is -0.322 e. The molecule has 3 N–H and O–H groups in total. The Labute approximate surface area is 198 Å². The third-order valence-electron chi connectivity index (χ3n) is 6.86. The van der Waals surface area contributed by atoms with Crippen molar-refractivity contribution in [3.8, 4) is 0 Å². The summed E-state index contributed by atoms with van der Waals surface area (Å²) in [6.07, 6.45) is 7.69. The third-order valence-corrected chi connectivity index (χ3v) is 7.14. The number of benzene rings is 1. The highest BCUT2D eigenvalue weighted by Gasteiger charge is 2.30. The van der Waals surface area contributed by atoms with Crippen LogP contribution in [0.3, 0.4) is 0 Å². The summed E-state index contributed by atoms with van der Waals surface area (Å²) in [6.45, 7) is 6.17. The number of aromatic amines is 1. The summed E-state index contributed by atoms with van der Waals surface area (Å²) >= 11 is 6.23. The van der Waals surface area contributed by atoms with Crippen molar-refractivity contribution in [3.63, 3.8) is 0 Å². The molecule has 3 heterocycles. The summed E-state index contributed by atoms with van der Waals surface area (Å²) in [5, 5.41) is 13.4. The fraction of sp³-hybridized carbons (Fsp3) is 0.458.